The molecule has 2 aromatic rings. The van der Waals surface area contributed by atoms with Crippen LogP contribution in [-0.4, -0.2) is 44.7 Å². The Bertz CT molecular complexity index is 952. The Morgan fingerprint density at radius 2 is 1.61 bits per heavy atom. The van der Waals surface area contributed by atoms with Crippen molar-refractivity contribution < 1.29 is 42.1 Å². The van der Waals surface area contributed by atoms with Gasteiger partial charge in [-0.3, -0.25) is 9.59 Å². The molecule has 1 unspecified atom stereocenters. The second-order valence-electron chi connectivity index (χ2n) is 6.10. The first kappa shape index (κ1) is 23.4. The second-order valence-corrected chi connectivity index (χ2v) is 6.10. The third-order valence-corrected chi connectivity index (χ3v) is 3.92. The molecule has 9 nitrogen and oxygen atoms in total. The summed E-state index contributed by atoms with van der Waals surface area (Å²) in [5, 5.41) is 2.04. The molecule has 166 valence electrons. The Morgan fingerprint density at radius 1 is 1.06 bits per heavy atom. The van der Waals surface area contributed by atoms with Gasteiger partial charge in [-0.05, 0) is 31.2 Å². The lowest BCUT2D eigenvalue weighted by Gasteiger charge is -2.17. The Kier molecular flexibility index (Phi) is 7.72. The maximum atomic E-state index is 13.7. The van der Waals surface area contributed by atoms with Gasteiger partial charge in [-0.1, -0.05) is 6.07 Å². The van der Waals surface area contributed by atoms with E-state index in [2.05, 4.69) is 0 Å². The standard InChI is InChI=1S/C20H20F2N2O7/c1-10(19(26)24-17-12(21)5-4-6-13(17)22)31-20(27)11-7-14(28-2)18(15(8-11)29-3)30-9-16(23)25/h4-8,10H,9H2,1-3H3,(H2,23,25)(H,24,26). The zero-order chi connectivity index (χ0) is 23.1. The van der Waals surface area contributed by atoms with E-state index >= 15 is 0 Å². The second kappa shape index (κ2) is 10.2. The Hall–Kier alpha value is -3.89. The fourth-order valence-electron chi connectivity index (χ4n) is 2.41. The quantitative estimate of drug-likeness (QED) is 0.574. The van der Waals surface area contributed by atoms with E-state index in [-0.39, 0.29) is 22.8 Å². The lowest BCUT2D eigenvalue weighted by molar-refractivity contribution is -0.123. The van der Waals surface area contributed by atoms with Gasteiger partial charge >= 0.3 is 5.97 Å². The van der Waals surface area contributed by atoms with Crippen molar-refractivity contribution >= 4 is 23.5 Å². The molecule has 0 aliphatic heterocycles. The lowest BCUT2D eigenvalue weighted by Crippen LogP contribution is -2.30. The number of benzene rings is 2. The highest BCUT2D eigenvalue weighted by atomic mass is 19.1. The largest absolute Gasteiger partial charge is 0.493 e. The van der Waals surface area contributed by atoms with Crippen molar-refractivity contribution in [2.45, 2.75) is 13.0 Å². The normalized spacial score (nSPS) is 11.3. The minimum atomic E-state index is -1.39. The number of nitrogens with two attached hydrogens (primary N) is 1. The van der Waals surface area contributed by atoms with E-state index in [0.717, 1.165) is 18.2 Å². The first-order valence-electron chi connectivity index (χ1n) is 8.80. The number of amides is 2. The summed E-state index contributed by atoms with van der Waals surface area (Å²) in [6.45, 7) is 0.769. The number of methoxy groups -OCH3 is 2. The molecule has 3 N–H and O–H groups in total. The van der Waals surface area contributed by atoms with E-state index in [4.69, 9.17) is 24.7 Å². The molecule has 0 saturated heterocycles. The first-order valence-corrected chi connectivity index (χ1v) is 8.80. The number of esters is 1. The van der Waals surface area contributed by atoms with Gasteiger partial charge in [-0.15, -0.1) is 0 Å². The van der Waals surface area contributed by atoms with Crippen LogP contribution in [-0.2, 0) is 14.3 Å². The number of anilines is 1. The van der Waals surface area contributed by atoms with Crippen molar-refractivity contribution in [3.8, 4) is 17.2 Å². The monoisotopic (exact) mass is 438 g/mol. The molecule has 1 atom stereocenters. The molecule has 0 aliphatic carbocycles. The van der Waals surface area contributed by atoms with Crippen LogP contribution in [0.15, 0.2) is 30.3 Å². The summed E-state index contributed by atoms with van der Waals surface area (Å²) < 4.78 is 48.0. The van der Waals surface area contributed by atoms with Crippen molar-refractivity contribution in [2.24, 2.45) is 5.73 Å². The minimum Gasteiger partial charge on any atom is -0.493 e. The van der Waals surface area contributed by atoms with Crippen LogP contribution >= 0.6 is 0 Å². The summed E-state index contributed by atoms with van der Waals surface area (Å²) in [5.41, 5.74) is 4.32. The number of para-hydroxylation sites is 1. The fourth-order valence-corrected chi connectivity index (χ4v) is 2.41. The van der Waals surface area contributed by atoms with Crippen molar-refractivity contribution in [1.29, 1.82) is 0 Å². The third-order valence-electron chi connectivity index (χ3n) is 3.92. The molecule has 0 aromatic heterocycles. The molecule has 31 heavy (non-hydrogen) atoms. The molecule has 0 aliphatic rings. The van der Waals surface area contributed by atoms with E-state index in [1.807, 2.05) is 5.32 Å². The van der Waals surface area contributed by atoms with Crippen LogP contribution in [0.5, 0.6) is 17.2 Å². The zero-order valence-electron chi connectivity index (χ0n) is 16.9. The summed E-state index contributed by atoms with van der Waals surface area (Å²) in [4.78, 5) is 35.6. The van der Waals surface area contributed by atoms with E-state index in [9.17, 15) is 23.2 Å². The highest BCUT2D eigenvalue weighted by Crippen LogP contribution is 2.38. The van der Waals surface area contributed by atoms with Crippen LogP contribution in [0.4, 0.5) is 14.5 Å². The smallest absolute Gasteiger partial charge is 0.339 e. The molecule has 11 heteroatoms. The maximum Gasteiger partial charge on any atom is 0.339 e. The van der Waals surface area contributed by atoms with Crippen LogP contribution in [0.3, 0.4) is 0 Å². The van der Waals surface area contributed by atoms with Gasteiger partial charge in [0.05, 0.1) is 19.8 Å². The Labute approximate surface area is 176 Å². The fraction of sp³-hybridized carbons (Fsp3) is 0.250. The summed E-state index contributed by atoms with van der Waals surface area (Å²) in [6.07, 6.45) is -1.39. The van der Waals surface area contributed by atoms with Gasteiger partial charge in [0.25, 0.3) is 11.8 Å². The molecule has 0 heterocycles. The molecule has 2 aromatic carbocycles. The summed E-state index contributed by atoms with van der Waals surface area (Å²) in [7, 11) is 2.58. The number of ether oxygens (including phenoxy) is 4. The predicted octanol–water partition coefficient (Wildman–Crippen LogP) is 2.03. The number of nitrogens with one attached hydrogen (secondary N) is 1. The average Bonchev–Trinajstić information content (AvgIpc) is 2.73. The molecule has 0 bridgehead atoms. The number of halogens is 2. The summed E-state index contributed by atoms with van der Waals surface area (Å²) in [5.74, 6) is -4.48. The van der Waals surface area contributed by atoms with Crippen LogP contribution in [0, 0.1) is 11.6 Å². The van der Waals surface area contributed by atoms with E-state index in [0.29, 0.717) is 0 Å². The van der Waals surface area contributed by atoms with Gasteiger partial charge < -0.3 is 30.0 Å². The molecular formula is C20H20F2N2O7. The zero-order valence-corrected chi connectivity index (χ0v) is 16.9. The lowest BCUT2D eigenvalue weighted by atomic mass is 10.1. The number of carbonyl (C=O) groups is 3. The molecule has 0 saturated carbocycles. The highest BCUT2D eigenvalue weighted by molar-refractivity contribution is 5.98. The van der Waals surface area contributed by atoms with Crippen LogP contribution in [0.2, 0.25) is 0 Å². The average molecular weight is 438 g/mol. The van der Waals surface area contributed by atoms with Gasteiger partial charge in [0.2, 0.25) is 5.75 Å². The Morgan fingerprint density at radius 3 is 2.10 bits per heavy atom. The number of hydrogen-bond donors (Lipinski definition) is 2. The number of primary amides is 1. The number of rotatable bonds is 9. The SMILES string of the molecule is COc1cc(C(=O)OC(C)C(=O)Nc2c(F)cccc2F)cc(OC)c1OCC(N)=O. The van der Waals surface area contributed by atoms with Crippen molar-refractivity contribution in [3.05, 3.63) is 47.5 Å². The summed E-state index contributed by atoms with van der Waals surface area (Å²) in [6, 6.07) is 5.55. The van der Waals surface area contributed by atoms with Gasteiger partial charge in [-0.2, -0.15) is 0 Å². The van der Waals surface area contributed by atoms with Crippen LogP contribution in [0.1, 0.15) is 17.3 Å². The number of carbonyl (C=O) groups excluding carboxylic acids is 3. The van der Waals surface area contributed by atoms with E-state index in [1.165, 1.54) is 33.3 Å². The number of hydrogen-bond acceptors (Lipinski definition) is 7. The Balaban J connectivity index is 2.18. The maximum absolute atomic E-state index is 13.7. The first-order chi connectivity index (χ1) is 14.7. The highest BCUT2D eigenvalue weighted by Gasteiger charge is 2.24. The molecule has 2 rings (SSSR count). The van der Waals surface area contributed by atoms with E-state index < -0.39 is 47.8 Å². The molecular weight excluding hydrogens is 418 g/mol. The van der Waals surface area contributed by atoms with Crippen molar-refractivity contribution in [2.75, 3.05) is 26.1 Å². The summed E-state index contributed by atoms with van der Waals surface area (Å²) >= 11 is 0. The van der Waals surface area contributed by atoms with Crippen molar-refractivity contribution in [3.63, 3.8) is 0 Å². The van der Waals surface area contributed by atoms with Gasteiger partial charge in [-0.25, -0.2) is 13.6 Å². The molecule has 2 amide bonds. The molecule has 0 fully saturated rings. The van der Waals surface area contributed by atoms with Gasteiger partial charge in [0, 0.05) is 0 Å². The topological polar surface area (TPSA) is 126 Å². The molecule has 0 radical (unpaired) electrons. The minimum absolute atomic E-state index is 0.0289. The molecule has 0 spiro atoms. The predicted molar refractivity (Wildman–Crippen MR) is 104 cm³/mol. The third kappa shape index (κ3) is 5.81. The van der Waals surface area contributed by atoms with Crippen LogP contribution in [0.25, 0.3) is 0 Å². The van der Waals surface area contributed by atoms with Gasteiger partial charge in [0.15, 0.2) is 24.2 Å². The van der Waals surface area contributed by atoms with Gasteiger partial charge in [0.1, 0.15) is 17.3 Å². The van der Waals surface area contributed by atoms with Crippen molar-refractivity contribution in [1.82, 2.24) is 0 Å². The van der Waals surface area contributed by atoms with Crippen LogP contribution < -0.4 is 25.3 Å². The van der Waals surface area contributed by atoms with E-state index in [1.54, 1.807) is 0 Å².